The lowest BCUT2D eigenvalue weighted by atomic mass is 9.99. The van der Waals surface area contributed by atoms with Crippen LogP contribution in [-0.4, -0.2) is 59.1 Å². The molecule has 2 amide bonds. The Morgan fingerprint density at radius 1 is 1.05 bits per heavy atom. The number of halogens is 3. The number of benzene rings is 3. The van der Waals surface area contributed by atoms with Crippen LogP contribution in [0.5, 0.6) is 0 Å². The number of carbonyl (C=O) groups excluding carboxylic acids is 2. The number of H-pyrrole nitrogens is 1. The number of ether oxygens (including phenoxy) is 1. The second-order valence-corrected chi connectivity index (χ2v) is 11.1. The van der Waals surface area contributed by atoms with Crippen molar-refractivity contribution in [3.8, 4) is 0 Å². The lowest BCUT2D eigenvalue weighted by Crippen LogP contribution is -2.40. The molecule has 2 unspecified atom stereocenters. The molecule has 0 bridgehead atoms. The summed E-state index contributed by atoms with van der Waals surface area (Å²) in [6.45, 7) is 4.01. The predicted molar refractivity (Wildman–Crippen MR) is 149 cm³/mol. The Balaban J connectivity index is 1.34. The lowest BCUT2D eigenvalue weighted by molar-refractivity contribution is -0.137. The van der Waals surface area contributed by atoms with Gasteiger partial charge in [-0.15, -0.1) is 0 Å². The number of aromatic nitrogens is 1. The minimum absolute atomic E-state index is 0.0798. The predicted octanol–water partition coefficient (Wildman–Crippen LogP) is 5.53. The van der Waals surface area contributed by atoms with Crippen LogP contribution in [0.1, 0.15) is 49.6 Å². The van der Waals surface area contributed by atoms with Crippen LogP contribution in [-0.2, 0) is 10.9 Å². The van der Waals surface area contributed by atoms with Crippen molar-refractivity contribution >= 4 is 50.4 Å². The second-order valence-electron chi connectivity index (χ2n) is 9.93. The van der Waals surface area contributed by atoms with E-state index in [0.29, 0.717) is 59.1 Å². The van der Waals surface area contributed by atoms with Gasteiger partial charge in [-0.05, 0) is 48.9 Å². The summed E-state index contributed by atoms with van der Waals surface area (Å²) in [5.41, 5.74) is 8.67. The quantitative estimate of drug-likeness (QED) is 0.339. The van der Waals surface area contributed by atoms with Crippen LogP contribution < -0.4 is 5.73 Å². The van der Waals surface area contributed by atoms with Gasteiger partial charge in [0, 0.05) is 40.5 Å². The number of aromatic amines is 1. The van der Waals surface area contributed by atoms with Crippen LogP contribution in [0.3, 0.4) is 0 Å². The van der Waals surface area contributed by atoms with E-state index in [1.165, 1.54) is 23.9 Å². The Labute approximate surface area is 231 Å². The van der Waals surface area contributed by atoms with Crippen molar-refractivity contribution in [3.05, 3.63) is 82.4 Å². The average molecular weight is 567 g/mol. The van der Waals surface area contributed by atoms with Gasteiger partial charge in [-0.3, -0.25) is 14.6 Å². The molecular formula is C29H25F3N4O3S. The zero-order valence-electron chi connectivity index (χ0n) is 21.4. The number of nitrogens with zero attached hydrogens (tertiary/aromatic N) is 2. The van der Waals surface area contributed by atoms with Crippen LogP contribution in [0, 0.1) is 0 Å². The summed E-state index contributed by atoms with van der Waals surface area (Å²) in [5, 5.41) is 2.10. The molecule has 6 rings (SSSR count). The van der Waals surface area contributed by atoms with E-state index >= 15 is 0 Å². The van der Waals surface area contributed by atoms with E-state index < -0.39 is 17.6 Å². The maximum absolute atomic E-state index is 13.0. The highest BCUT2D eigenvalue weighted by molar-refractivity contribution is 8.15. The van der Waals surface area contributed by atoms with Crippen LogP contribution >= 0.6 is 11.8 Å². The van der Waals surface area contributed by atoms with Crippen molar-refractivity contribution in [1.29, 1.82) is 0 Å². The number of morpholine rings is 1. The Kier molecular flexibility index (Phi) is 6.58. The number of aliphatic imine (C=N–C) groups is 1. The molecule has 40 heavy (non-hydrogen) atoms. The molecule has 1 fully saturated rings. The molecule has 206 valence electrons. The molecule has 2 atom stereocenters. The van der Waals surface area contributed by atoms with E-state index in [1.54, 1.807) is 23.1 Å². The summed E-state index contributed by atoms with van der Waals surface area (Å²) >= 11 is 1.44. The van der Waals surface area contributed by atoms with E-state index in [0.717, 1.165) is 28.5 Å². The van der Waals surface area contributed by atoms with Crippen LogP contribution in [0.15, 0.2) is 59.6 Å². The molecule has 0 radical (unpaired) electrons. The zero-order chi connectivity index (χ0) is 28.2. The largest absolute Gasteiger partial charge is 0.416 e. The summed E-state index contributed by atoms with van der Waals surface area (Å²) in [4.78, 5) is 35.3. The number of fused-ring (bicyclic) bond motifs is 3. The number of nitrogens with two attached hydrogens (primary N) is 1. The Hall–Kier alpha value is -3.83. The SMILES string of the molecule is CC1N=C(c2ccc(C(F)(F)F)cc2)SC1c1cc(C(N)=O)c2[nH]c3cc(C(=O)N4CCOCC4)ccc3c2c1. The summed E-state index contributed by atoms with van der Waals surface area (Å²) in [6, 6.07) is 13.9. The number of hydrogen-bond acceptors (Lipinski definition) is 5. The number of primary amides is 1. The van der Waals surface area contributed by atoms with E-state index in [1.807, 2.05) is 19.1 Å². The first-order valence-electron chi connectivity index (χ1n) is 12.8. The highest BCUT2D eigenvalue weighted by Crippen LogP contribution is 2.44. The maximum atomic E-state index is 13.0. The fraction of sp³-hybridized carbons (Fsp3) is 0.276. The standard InChI is InChI=1S/C29H25F3N4O3S/c1-15-25(40-27(34-15)16-2-5-19(6-3-16)29(30,31)32)18-12-21-20-7-4-17(28(38)36-8-10-39-11-9-36)14-23(20)35-24(21)22(13-18)26(33)37/h2-7,12-15,25,35H,8-11H2,1H3,(H2,33,37). The summed E-state index contributed by atoms with van der Waals surface area (Å²) in [6.07, 6.45) is -4.41. The number of rotatable bonds is 4. The monoisotopic (exact) mass is 566 g/mol. The highest BCUT2D eigenvalue weighted by atomic mass is 32.2. The lowest BCUT2D eigenvalue weighted by Gasteiger charge is -2.26. The van der Waals surface area contributed by atoms with Gasteiger partial charge in [-0.2, -0.15) is 13.2 Å². The van der Waals surface area contributed by atoms with Gasteiger partial charge in [0.05, 0.1) is 46.2 Å². The van der Waals surface area contributed by atoms with Gasteiger partial charge < -0.3 is 20.4 Å². The third-order valence-electron chi connectivity index (χ3n) is 7.33. The van der Waals surface area contributed by atoms with Crippen molar-refractivity contribution in [3.63, 3.8) is 0 Å². The van der Waals surface area contributed by atoms with Crippen LogP contribution in [0.2, 0.25) is 0 Å². The molecular weight excluding hydrogens is 541 g/mol. The van der Waals surface area contributed by atoms with Crippen molar-refractivity contribution in [2.24, 2.45) is 10.7 Å². The minimum Gasteiger partial charge on any atom is -0.378 e. The fourth-order valence-corrected chi connectivity index (χ4v) is 6.53. The van der Waals surface area contributed by atoms with Crippen LogP contribution in [0.25, 0.3) is 21.8 Å². The fourth-order valence-electron chi connectivity index (χ4n) is 5.26. The first-order chi connectivity index (χ1) is 19.1. The number of carbonyl (C=O) groups is 2. The van der Waals surface area contributed by atoms with Gasteiger partial charge in [0.25, 0.3) is 11.8 Å². The molecule has 7 nitrogen and oxygen atoms in total. The minimum atomic E-state index is -4.41. The van der Waals surface area contributed by atoms with Crippen LogP contribution in [0.4, 0.5) is 13.2 Å². The molecule has 0 saturated carbocycles. The van der Waals surface area contributed by atoms with E-state index in [-0.39, 0.29) is 17.2 Å². The average Bonchev–Trinajstić information content (AvgIpc) is 3.52. The zero-order valence-corrected chi connectivity index (χ0v) is 22.2. The first kappa shape index (κ1) is 26.4. The molecule has 3 heterocycles. The molecule has 2 aliphatic heterocycles. The Morgan fingerprint density at radius 2 is 1.77 bits per heavy atom. The van der Waals surface area contributed by atoms with Crippen molar-refractivity contribution < 1.29 is 27.5 Å². The van der Waals surface area contributed by atoms with Gasteiger partial charge in [-0.1, -0.05) is 30.0 Å². The molecule has 4 aromatic rings. The molecule has 0 aliphatic carbocycles. The molecule has 1 aromatic heterocycles. The Bertz CT molecular complexity index is 1670. The van der Waals surface area contributed by atoms with Gasteiger partial charge in [0.1, 0.15) is 0 Å². The third kappa shape index (κ3) is 4.73. The Morgan fingerprint density at radius 3 is 2.45 bits per heavy atom. The van der Waals surface area contributed by atoms with E-state index in [4.69, 9.17) is 15.5 Å². The number of nitrogens with one attached hydrogen (secondary N) is 1. The molecule has 11 heteroatoms. The van der Waals surface area contributed by atoms with E-state index in [9.17, 15) is 22.8 Å². The number of amides is 2. The van der Waals surface area contributed by atoms with Gasteiger partial charge >= 0.3 is 6.18 Å². The topological polar surface area (TPSA) is 101 Å². The van der Waals surface area contributed by atoms with Gasteiger partial charge in [-0.25, -0.2) is 0 Å². The number of alkyl halides is 3. The molecule has 2 aliphatic rings. The summed E-state index contributed by atoms with van der Waals surface area (Å²) in [7, 11) is 0. The van der Waals surface area contributed by atoms with Crippen molar-refractivity contribution in [2.45, 2.75) is 24.4 Å². The van der Waals surface area contributed by atoms with Crippen molar-refractivity contribution in [2.75, 3.05) is 26.3 Å². The van der Waals surface area contributed by atoms with Gasteiger partial charge in [0.2, 0.25) is 0 Å². The second kappa shape index (κ2) is 9.97. The molecule has 1 saturated heterocycles. The first-order valence-corrected chi connectivity index (χ1v) is 13.7. The number of hydrogen-bond donors (Lipinski definition) is 2. The molecule has 3 aromatic carbocycles. The highest BCUT2D eigenvalue weighted by Gasteiger charge is 2.33. The smallest absolute Gasteiger partial charge is 0.378 e. The summed E-state index contributed by atoms with van der Waals surface area (Å²) in [5.74, 6) is -0.675. The molecule has 3 N–H and O–H groups in total. The van der Waals surface area contributed by atoms with Gasteiger partial charge in [0.15, 0.2) is 0 Å². The molecule has 0 spiro atoms. The normalized spacial score (nSPS) is 19.8. The maximum Gasteiger partial charge on any atom is 0.416 e. The summed E-state index contributed by atoms with van der Waals surface area (Å²) < 4.78 is 44.4. The third-order valence-corrected chi connectivity index (χ3v) is 8.81. The van der Waals surface area contributed by atoms with Crippen molar-refractivity contribution in [1.82, 2.24) is 9.88 Å². The van der Waals surface area contributed by atoms with E-state index in [2.05, 4.69) is 4.98 Å². The number of thioether (sulfide) groups is 1.